The van der Waals surface area contributed by atoms with Crippen molar-refractivity contribution in [3.05, 3.63) is 47.1 Å². The second kappa shape index (κ2) is 7.91. The molecule has 1 aromatic carbocycles. The molecule has 2 aromatic rings. The van der Waals surface area contributed by atoms with Crippen molar-refractivity contribution in [3.63, 3.8) is 0 Å². The summed E-state index contributed by atoms with van der Waals surface area (Å²) in [5.41, 5.74) is 2.61. The first-order chi connectivity index (χ1) is 13.5. The summed E-state index contributed by atoms with van der Waals surface area (Å²) in [6.07, 6.45) is 5.61. The van der Waals surface area contributed by atoms with E-state index in [0.717, 1.165) is 50.0 Å². The van der Waals surface area contributed by atoms with Crippen molar-refractivity contribution in [2.24, 2.45) is 0 Å². The van der Waals surface area contributed by atoms with Gasteiger partial charge in [0.05, 0.1) is 6.20 Å². The van der Waals surface area contributed by atoms with Crippen LogP contribution in [0.5, 0.6) is 0 Å². The van der Waals surface area contributed by atoms with Crippen LogP contribution in [0.1, 0.15) is 47.4 Å². The van der Waals surface area contributed by atoms with Gasteiger partial charge in [0.25, 0.3) is 5.91 Å². The molecular formula is C21H27FN4O2. The van der Waals surface area contributed by atoms with Gasteiger partial charge in [0.2, 0.25) is 0 Å². The van der Waals surface area contributed by atoms with E-state index >= 15 is 0 Å². The van der Waals surface area contributed by atoms with Gasteiger partial charge in [-0.25, -0.2) is 4.39 Å². The third-order valence-electron chi connectivity index (χ3n) is 6.03. The van der Waals surface area contributed by atoms with Crippen molar-refractivity contribution in [2.45, 2.75) is 57.7 Å². The Bertz CT molecular complexity index is 845. The van der Waals surface area contributed by atoms with Gasteiger partial charge >= 0.3 is 0 Å². The molecule has 28 heavy (non-hydrogen) atoms. The first-order valence-corrected chi connectivity index (χ1v) is 10.0. The highest BCUT2D eigenvalue weighted by Gasteiger charge is 2.35. The van der Waals surface area contributed by atoms with Crippen LogP contribution in [-0.4, -0.2) is 42.3 Å². The lowest BCUT2D eigenvalue weighted by Crippen LogP contribution is -2.60. The molecule has 2 N–H and O–H groups in total. The number of carbonyl (C=O) groups is 1. The number of aromatic nitrogens is 1. The van der Waals surface area contributed by atoms with Gasteiger partial charge in [0.1, 0.15) is 17.1 Å². The molecule has 0 radical (unpaired) electrons. The summed E-state index contributed by atoms with van der Waals surface area (Å²) in [4.78, 5) is 14.7. The van der Waals surface area contributed by atoms with E-state index in [4.69, 9.17) is 4.52 Å². The highest BCUT2D eigenvalue weighted by Crippen LogP contribution is 2.27. The Morgan fingerprint density at radius 1 is 1.18 bits per heavy atom. The molecular weight excluding hydrogens is 359 g/mol. The van der Waals surface area contributed by atoms with Gasteiger partial charge in [0, 0.05) is 36.9 Å². The average Bonchev–Trinajstić information content (AvgIpc) is 3.10. The van der Waals surface area contributed by atoms with Gasteiger partial charge in [-0.3, -0.25) is 4.79 Å². The van der Waals surface area contributed by atoms with E-state index in [9.17, 15) is 9.18 Å². The lowest BCUT2D eigenvalue weighted by Gasteiger charge is -2.42. The van der Waals surface area contributed by atoms with E-state index in [2.05, 4.69) is 20.7 Å². The molecule has 1 amide bonds. The number of nitrogens with one attached hydrogen (secondary N) is 2. The topological polar surface area (TPSA) is 70.4 Å². The Morgan fingerprint density at radius 2 is 1.93 bits per heavy atom. The zero-order valence-electron chi connectivity index (χ0n) is 16.4. The van der Waals surface area contributed by atoms with Crippen LogP contribution in [0, 0.1) is 19.7 Å². The largest absolute Gasteiger partial charge is 0.371 e. The minimum absolute atomic E-state index is 0.114. The smallest absolute Gasteiger partial charge is 0.256 e. The number of aryl methyl sites for hydroxylation is 2. The summed E-state index contributed by atoms with van der Waals surface area (Å²) in [6.45, 7) is 5.61. The minimum Gasteiger partial charge on any atom is -0.371 e. The van der Waals surface area contributed by atoms with Crippen molar-refractivity contribution in [2.75, 3.05) is 18.0 Å². The molecule has 1 aliphatic carbocycles. The van der Waals surface area contributed by atoms with Crippen molar-refractivity contribution in [1.29, 1.82) is 0 Å². The van der Waals surface area contributed by atoms with Crippen LogP contribution in [0.3, 0.4) is 0 Å². The maximum absolute atomic E-state index is 13.3. The molecule has 2 fully saturated rings. The van der Waals surface area contributed by atoms with Crippen molar-refractivity contribution < 1.29 is 13.7 Å². The summed E-state index contributed by atoms with van der Waals surface area (Å²) in [7, 11) is 0. The summed E-state index contributed by atoms with van der Waals surface area (Å²) >= 11 is 0. The van der Waals surface area contributed by atoms with Crippen LogP contribution >= 0.6 is 0 Å². The molecule has 0 spiro atoms. The quantitative estimate of drug-likeness (QED) is 0.827. The first-order valence-electron chi connectivity index (χ1n) is 10.0. The van der Waals surface area contributed by atoms with Gasteiger partial charge in [0.15, 0.2) is 0 Å². The number of amides is 1. The predicted octanol–water partition coefficient (Wildman–Crippen LogP) is 2.95. The van der Waals surface area contributed by atoms with Gasteiger partial charge < -0.3 is 20.1 Å². The molecule has 6 nitrogen and oxygen atoms in total. The van der Waals surface area contributed by atoms with E-state index in [1.165, 1.54) is 12.3 Å². The Morgan fingerprint density at radius 3 is 2.54 bits per heavy atom. The molecule has 2 aliphatic rings. The van der Waals surface area contributed by atoms with E-state index in [1.54, 1.807) is 13.0 Å². The number of anilines is 1. The number of hydrogen-bond acceptors (Lipinski definition) is 5. The maximum Gasteiger partial charge on any atom is 0.256 e. The standard InChI is InChI=1S/C21H27FN4O2/c1-13-11-15(22)3-6-20(13)26-9-7-16(8-10-26)24-18-4-5-19(18)25-21(27)17-12-23-28-14(17)2/h3,6,11-12,16,18-19,24H,4-5,7-10H2,1-2H3,(H,25,27)/t18-,19+/m1/s1. The number of nitrogens with zero attached hydrogens (tertiary/aromatic N) is 2. The fraction of sp³-hybridized carbons (Fsp3) is 0.524. The van der Waals surface area contributed by atoms with Crippen molar-refractivity contribution in [1.82, 2.24) is 15.8 Å². The van der Waals surface area contributed by atoms with E-state index in [1.807, 2.05) is 13.0 Å². The summed E-state index contributed by atoms with van der Waals surface area (Å²) < 4.78 is 18.3. The second-order valence-corrected chi connectivity index (χ2v) is 7.92. The molecule has 1 aromatic heterocycles. The van der Waals surface area contributed by atoms with Crippen LogP contribution in [0.2, 0.25) is 0 Å². The summed E-state index contributed by atoms with van der Waals surface area (Å²) in [5.74, 6) is 0.249. The van der Waals surface area contributed by atoms with Crippen LogP contribution in [-0.2, 0) is 0 Å². The third-order valence-corrected chi connectivity index (χ3v) is 6.03. The molecule has 1 saturated carbocycles. The Kier molecular flexibility index (Phi) is 5.35. The molecule has 150 valence electrons. The second-order valence-electron chi connectivity index (χ2n) is 7.92. The van der Waals surface area contributed by atoms with Crippen molar-refractivity contribution >= 4 is 11.6 Å². The zero-order valence-corrected chi connectivity index (χ0v) is 16.4. The normalized spacial score (nSPS) is 22.8. The molecule has 2 atom stereocenters. The monoisotopic (exact) mass is 386 g/mol. The molecule has 2 heterocycles. The highest BCUT2D eigenvalue weighted by atomic mass is 19.1. The lowest BCUT2D eigenvalue weighted by molar-refractivity contribution is 0.0885. The highest BCUT2D eigenvalue weighted by molar-refractivity contribution is 5.95. The Labute approximate surface area is 164 Å². The number of benzene rings is 1. The SMILES string of the molecule is Cc1cc(F)ccc1N1CCC(N[C@@H]2CC[C@@H]2NC(=O)c2cnoc2C)CC1. The van der Waals surface area contributed by atoms with Crippen LogP contribution in [0.4, 0.5) is 10.1 Å². The molecule has 1 saturated heterocycles. The number of carbonyl (C=O) groups excluding carboxylic acids is 1. The van der Waals surface area contributed by atoms with E-state index < -0.39 is 0 Å². The maximum atomic E-state index is 13.3. The fourth-order valence-corrected chi connectivity index (χ4v) is 4.20. The fourth-order valence-electron chi connectivity index (χ4n) is 4.20. The van der Waals surface area contributed by atoms with Gasteiger partial charge in [-0.1, -0.05) is 5.16 Å². The molecule has 1 aliphatic heterocycles. The number of piperidine rings is 1. The van der Waals surface area contributed by atoms with Crippen molar-refractivity contribution in [3.8, 4) is 0 Å². The first kappa shape index (κ1) is 18.9. The van der Waals surface area contributed by atoms with Gasteiger partial charge in [-0.05, 0) is 63.3 Å². The molecule has 4 rings (SSSR count). The van der Waals surface area contributed by atoms with E-state index in [-0.39, 0.29) is 17.8 Å². The van der Waals surface area contributed by atoms with Crippen LogP contribution in [0.15, 0.2) is 28.9 Å². The van der Waals surface area contributed by atoms with Crippen LogP contribution in [0.25, 0.3) is 0 Å². The lowest BCUT2D eigenvalue weighted by atomic mass is 9.84. The van der Waals surface area contributed by atoms with Gasteiger partial charge in [-0.2, -0.15) is 0 Å². The van der Waals surface area contributed by atoms with Gasteiger partial charge in [-0.15, -0.1) is 0 Å². The Hall–Kier alpha value is -2.41. The average molecular weight is 386 g/mol. The van der Waals surface area contributed by atoms with E-state index in [0.29, 0.717) is 23.4 Å². The molecule has 7 heteroatoms. The summed E-state index contributed by atoms with van der Waals surface area (Å²) in [6, 6.07) is 5.92. The Balaban J connectivity index is 1.27. The number of hydrogen-bond donors (Lipinski definition) is 2. The minimum atomic E-state index is -0.183. The number of rotatable bonds is 5. The number of halogens is 1. The predicted molar refractivity (Wildman–Crippen MR) is 105 cm³/mol. The molecule has 0 bridgehead atoms. The molecule has 0 unspecified atom stereocenters. The zero-order chi connectivity index (χ0) is 19.7. The third kappa shape index (κ3) is 3.90. The van der Waals surface area contributed by atoms with Crippen LogP contribution < -0.4 is 15.5 Å². The summed E-state index contributed by atoms with van der Waals surface area (Å²) in [5, 5.41) is 10.5.